The average molecular weight is 255 g/mol. The highest BCUT2D eigenvalue weighted by atomic mass is 32.1. The summed E-state index contributed by atoms with van der Waals surface area (Å²) in [6.45, 7) is 7.39. The molecule has 1 heterocycles. The van der Waals surface area contributed by atoms with E-state index >= 15 is 0 Å². The van der Waals surface area contributed by atoms with E-state index in [0.29, 0.717) is 0 Å². The van der Waals surface area contributed by atoms with E-state index in [0.717, 1.165) is 24.3 Å². The summed E-state index contributed by atoms with van der Waals surface area (Å²) in [6, 6.07) is 3.92. The molecule has 0 fully saturated rings. The lowest BCUT2D eigenvalue weighted by atomic mass is 9.99. The van der Waals surface area contributed by atoms with Crippen LogP contribution in [0.25, 0.3) is 0 Å². The number of rotatable bonds is 7. The summed E-state index contributed by atoms with van der Waals surface area (Å²) < 4.78 is 0. The first-order valence-corrected chi connectivity index (χ1v) is 6.79. The Morgan fingerprint density at radius 3 is 2.65 bits per heavy atom. The van der Waals surface area contributed by atoms with Gasteiger partial charge in [-0.25, -0.2) is 0 Å². The van der Waals surface area contributed by atoms with E-state index in [9.17, 15) is 4.79 Å². The zero-order valence-electron chi connectivity index (χ0n) is 10.7. The smallest absolute Gasteiger partial charge is 0.308 e. The minimum Gasteiger partial charge on any atom is -0.481 e. The number of nitrogens with one attached hydrogen (secondary N) is 1. The van der Waals surface area contributed by atoms with Crippen LogP contribution in [0.3, 0.4) is 0 Å². The summed E-state index contributed by atoms with van der Waals surface area (Å²) >= 11 is 1.58. The topological polar surface area (TPSA) is 49.3 Å². The number of thiophene rings is 1. The van der Waals surface area contributed by atoms with Gasteiger partial charge in [0.2, 0.25) is 0 Å². The van der Waals surface area contributed by atoms with Crippen LogP contribution < -0.4 is 5.32 Å². The second-order valence-corrected chi connectivity index (χ2v) is 6.18. The molecule has 17 heavy (non-hydrogen) atoms. The molecule has 0 amide bonds. The van der Waals surface area contributed by atoms with Crippen LogP contribution in [-0.2, 0) is 17.8 Å². The van der Waals surface area contributed by atoms with Crippen LogP contribution in [0.2, 0.25) is 0 Å². The average Bonchev–Trinajstić information content (AvgIpc) is 2.62. The Morgan fingerprint density at radius 2 is 2.06 bits per heavy atom. The summed E-state index contributed by atoms with van der Waals surface area (Å²) in [5, 5.41) is 12.2. The summed E-state index contributed by atoms with van der Waals surface area (Å²) in [5.74, 6) is -0.766. The zero-order valence-corrected chi connectivity index (χ0v) is 11.6. The van der Waals surface area contributed by atoms with E-state index in [1.165, 1.54) is 4.88 Å². The summed E-state index contributed by atoms with van der Waals surface area (Å²) in [5.41, 5.74) is 0.145. The molecule has 0 atom stereocenters. The van der Waals surface area contributed by atoms with Gasteiger partial charge in [0.05, 0.1) is 6.42 Å². The molecule has 96 valence electrons. The van der Waals surface area contributed by atoms with Crippen molar-refractivity contribution in [2.24, 2.45) is 0 Å². The molecule has 0 aromatic carbocycles. The van der Waals surface area contributed by atoms with Crippen molar-refractivity contribution in [2.75, 3.05) is 0 Å². The molecule has 2 N–H and O–H groups in total. The Labute approximate surface area is 107 Å². The van der Waals surface area contributed by atoms with Crippen LogP contribution in [0.5, 0.6) is 0 Å². The van der Waals surface area contributed by atoms with Gasteiger partial charge >= 0.3 is 5.97 Å². The highest BCUT2D eigenvalue weighted by Gasteiger charge is 2.15. The van der Waals surface area contributed by atoms with Crippen LogP contribution in [0.15, 0.2) is 12.1 Å². The number of hydrogen-bond donors (Lipinski definition) is 2. The van der Waals surface area contributed by atoms with Crippen LogP contribution in [0.4, 0.5) is 0 Å². The first-order chi connectivity index (χ1) is 7.93. The van der Waals surface area contributed by atoms with Crippen LogP contribution in [0, 0.1) is 0 Å². The fourth-order valence-electron chi connectivity index (χ4n) is 1.80. The number of hydrogen-bond acceptors (Lipinski definition) is 3. The van der Waals surface area contributed by atoms with Gasteiger partial charge in [0.25, 0.3) is 0 Å². The molecular weight excluding hydrogens is 234 g/mol. The fourth-order valence-corrected chi connectivity index (χ4v) is 2.75. The van der Waals surface area contributed by atoms with Gasteiger partial charge < -0.3 is 10.4 Å². The lowest BCUT2D eigenvalue weighted by Gasteiger charge is -2.25. The van der Waals surface area contributed by atoms with Crippen molar-refractivity contribution >= 4 is 17.3 Å². The maximum atomic E-state index is 10.6. The maximum absolute atomic E-state index is 10.6. The van der Waals surface area contributed by atoms with E-state index in [-0.39, 0.29) is 12.0 Å². The predicted molar refractivity (Wildman–Crippen MR) is 71.5 cm³/mol. The maximum Gasteiger partial charge on any atom is 0.308 e. The molecule has 0 unspecified atom stereocenters. The minimum absolute atomic E-state index is 0.128. The van der Waals surface area contributed by atoms with Crippen LogP contribution >= 0.6 is 11.3 Å². The Hall–Kier alpha value is -0.870. The molecule has 4 heteroatoms. The second kappa shape index (κ2) is 6.17. The zero-order chi connectivity index (χ0) is 12.9. The summed E-state index contributed by atoms with van der Waals surface area (Å²) in [4.78, 5) is 12.7. The molecule has 0 saturated heterocycles. The van der Waals surface area contributed by atoms with E-state index in [1.54, 1.807) is 11.3 Å². The van der Waals surface area contributed by atoms with E-state index in [2.05, 4.69) is 26.1 Å². The molecule has 0 saturated carbocycles. The lowest BCUT2D eigenvalue weighted by Crippen LogP contribution is -2.38. The number of aliphatic carboxylic acids is 1. The molecule has 0 radical (unpaired) electrons. The first kappa shape index (κ1) is 14.2. The van der Waals surface area contributed by atoms with E-state index < -0.39 is 5.97 Å². The number of carboxylic acid groups (broad SMARTS) is 1. The van der Waals surface area contributed by atoms with Gasteiger partial charge in [-0.05, 0) is 32.4 Å². The van der Waals surface area contributed by atoms with Crippen LogP contribution in [-0.4, -0.2) is 16.6 Å². The number of carbonyl (C=O) groups is 1. The Bertz CT molecular complexity index is 371. The molecule has 0 bridgehead atoms. The van der Waals surface area contributed by atoms with Crippen molar-refractivity contribution in [2.45, 2.75) is 52.1 Å². The SMILES string of the molecule is CCCC(C)(C)NCc1ccc(CC(=O)O)s1. The third-order valence-corrected chi connectivity index (χ3v) is 3.74. The van der Waals surface area contributed by atoms with E-state index in [1.807, 2.05) is 12.1 Å². The third kappa shape index (κ3) is 5.33. The Balaban J connectivity index is 2.47. The lowest BCUT2D eigenvalue weighted by molar-refractivity contribution is -0.136. The largest absolute Gasteiger partial charge is 0.481 e. The highest BCUT2D eigenvalue weighted by Crippen LogP contribution is 2.19. The monoisotopic (exact) mass is 255 g/mol. The minimum atomic E-state index is -0.766. The van der Waals surface area contributed by atoms with Crippen molar-refractivity contribution in [3.8, 4) is 0 Å². The van der Waals surface area contributed by atoms with Gasteiger partial charge in [0.1, 0.15) is 0 Å². The van der Waals surface area contributed by atoms with Gasteiger partial charge in [0, 0.05) is 21.8 Å². The van der Waals surface area contributed by atoms with Gasteiger partial charge in [0.15, 0.2) is 0 Å². The summed E-state index contributed by atoms with van der Waals surface area (Å²) in [6.07, 6.45) is 2.43. The van der Waals surface area contributed by atoms with Gasteiger partial charge in [-0.15, -0.1) is 11.3 Å². The standard InChI is InChI=1S/C13H21NO2S/c1-4-7-13(2,3)14-9-11-6-5-10(17-11)8-12(15)16/h5-6,14H,4,7-9H2,1-3H3,(H,15,16). The van der Waals surface area contributed by atoms with Crippen molar-refractivity contribution in [1.29, 1.82) is 0 Å². The predicted octanol–water partition coefficient (Wildman–Crippen LogP) is 3.04. The molecular formula is C13H21NO2S. The second-order valence-electron chi connectivity index (χ2n) is 4.93. The van der Waals surface area contributed by atoms with Crippen LogP contribution in [0.1, 0.15) is 43.4 Å². The highest BCUT2D eigenvalue weighted by molar-refractivity contribution is 7.12. The molecule has 1 rings (SSSR count). The Kier molecular flexibility index (Phi) is 5.15. The van der Waals surface area contributed by atoms with Crippen molar-refractivity contribution < 1.29 is 9.90 Å². The molecule has 0 aliphatic rings. The molecule has 0 aliphatic heterocycles. The van der Waals surface area contributed by atoms with E-state index in [4.69, 9.17) is 5.11 Å². The molecule has 3 nitrogen and oxygen atoms in total. The van der Waals surface area contributed by atoms with Crippen molar-refractivity contribution in [3.63, 3.8) is 0 Å². The van der Waals surface area contributed by atoms with Gasteiger partial charge in [-0.3, -0.25) is 4.79 Å². The molecule has 0 aliphatic carbocycles. The van der Waals surface area contributed by atoms with Gasteiger partial charge in [-0.2, -0.15) is 0 Å². The van der Waals surface area contributed by atoms with Gasteiger partial charge in [-0.1, -0.05) is 13.3 Å². The molecule has 1 aromatic heterocycles. The van der Waals surface area contributed by atoms with Crippen molar-refractivity contribution in [3.05, 3.63) is 21.9 Å². The first-order valence-electron chi connectivity index (χ1n) is 5.97. The normalized spacial score (nSPS) is 11.7. The molecule has 1 aromatic rings. The third-order valence-electron chi connectivity index (χ3n) is 2.66. The Morgan fingerprint density at radius 1 is 1.41 bits per heavy atom. The summed E-state index contributed by atoms with van der Waals surface area (Å²) in [7, 11) is 0. The number of carboxylic acids is 1. The van der Waals surface area contributed by atoms with Crippen molar-refractivity contribution in [1.82, 2.24) is 5.32 Å². The fraction of sp³-hybridized carbons (Fsp3) is 0.615. The quantitative estimate of drug-likeness (QED) is 0.787. The molecule has 0 spiro atoms.